The first-order valence-electron chi connectivity index (χ1n) is 10.2. The van der Waals surface area contributed by atoms with Crippen molar-refractivity contribution in [3.63, 3.8) is 0 Å². The number of amides is 4. The first-order chi connectivity index (χ1) is 14.4. The molecule has 7 nitrogen and oxygen atoms in total. The Morgan fingerprint density at radius 2 is 1.87 bits per heavy atom. The molecule has 1 spiro atoms. The van der Waals surface area contributed by atoms with E-state index in [9.17, 15) is 14.4 Å². The van der Waals surface area contributed by atoms with Crippen molar-refractivity contribution in [3.8, 4) is 5.75 Å². The van der Waals surface area contributed by atoms with Gasteiger partial charge in [-0.25, -0.2) is 4.79 Å². The minimum atomic E-state index is -0.859. The molecule has 2 aromatic carbocycles. The highest BCUT2D eigenvalue weighted by atomic mass is 16.5. The van der Waals surface area contributed by atoms with Crippen molar-refractivity contribution < 1.29 is 19.1 Å². The van der Waals surface area contributed by atoms with E-state index >= 15 is 0 Å². The number of carbonyl (C=O) groups is 3. The van der Waals surface area contributed by atoms with Crippen LogP contribution in [0.2, 0.25) is 0 Å². The lowest BCUT2D eigenvalue weighted by Gasteiger charge is -2.33. The largest absolute Gasteiger partial charge is 0.487 e. The number of aryl methyl sites for hydroxylation is 1. The zero-order valence-electron chi connectivity index (χ0n) is 16.9. The fraction of sp³-hybridized carbons (Fsp3) is 0.348. The molecule has 3 N–H and O–H groups in total. The number of rotatable bonds is 5. The van der Waals surface area contributed by atoms with Gasteiger partial charge >= 0.3 is 6.03 Å². The smallest absolute Gasteiger partial charge is 0.322 e. The lowest BCUT2D eigenvalue weighted by atomic mass is 9.76. The van der Waals surface area contributed by atoms with Gasteiger partial charge in [0.25, 0.3) is 5.91 Å². The summed E-state index contributed by atoms with van der Waals surface area (Å²) in [6, 6.07) is 15.1. The van der Waals surface area contributed by atoms with E-state index in [1.165, 1.54) is 0 Å². The van der Waals surface area contributed by atoms with E-state index in [-0.39, 0.29) is 17.7 Å². The second kappa shape index (κ2) is 8.18. The number of urea groups is 1. The van der Waals surface area contributed by atoms with Crippen LogP contribution in [-0.2, 0) is 16.2 Å². The predicted molar refractivity (Wildman–Crippen MR) is 112 cm³/mol. The molecule has 4 rings (SSSR count). The van der Waals surface area contributed by atoms with Crippen molar-refractivity contribution >= 4 is 23.5 Å². The maximum atomic E-state index is 12.9. The van der Waals surface area contributed by atoms with Gasteiger partial charge < -0.3 is 15.4 Å². The van der Waals surface area contributed by atoms with Gasteiger partial charge in [-0.3, -0.25) is 14.9 Å². The SMILES string of the molecule is Cc1ccc(NC(=O)C2CCC3(CC2)NC(=O)NC3=O)c(OCc2ccccc2)c1. The molecule has 2 aromatic rings. The molecule has 7 heteroatoms. The predicted octanol–water partition coefficient (Wildman–Crippen LogP) is 3.28. The van der Waals surface area contributed by atoms with Crippen LogP contribution in [0.25, 0.3) is 0 Å². The molecule has 1 aliphatic heterocycles. The van der Waals surface area contributed by atoms with Crippen molar-refractivity contribution in [2.24, 2.45) is 5.92 Å². The van der Waals surface area contributed by atoms with E-state index in [1.54, 1.807) is 0 Å². The summed E-state index contributed by atoms with van der Waals surface area (Å²) in [6.07, 6.45) is 1.97. The molecule has 0 aromatic heterocycles. The van der Waals surface area contributed by atoms with Crippen LogP contribution in [0.15, 0.2) is 48.5 Å². The van der Waals surface area contributed by atoms with Gasteiger partial charge in [0.1, 0.15) is 17.9 Å². The average molecular weight is 407 g/mol. The Hall–Kier alpha value is -3.35. The fourth-order valence-corrected chi connectivity index (χ4v) is 4.08. The number of hydrogen-bond acceptors (Lipinski definition) is 4. The third kappa shape index (κ3) is 4.15. The summed E-state index contributed by atoms with van der Waals surface area (Å²) in [4.78, 5) is 36.4. The van der Waals surface area contributed by atoms with Gasteiger partial charge in [-0.2, -0.15) is 0 Å². The highest BCUT2D eigenvalue weighted by Gasteiger charge is 2.48. The number of nitrogens with one attached hydrogen (secondary N) is 3. The van der Waals surface area contributed by atoms with Gasteiger partial charge in [-0.15, -0.1) is 0 Å². The van der Waals surface area contributed by atoms with Crippen LogP contribution >= 0.6 is 0 Å². The van der Waals surface area contributed by atoms with Gasteiger partial charge in [0.05, 0.1) is 5.69 Å². The van der Waals surface area contributed by atoms with Crippen molar-refractivity contribution in [1.82, 2.24) is 10.6 Å². The summed E-state index contributed by atoms with van der Waals surface area (Å²) in [6.45, 7) is 2.39. The zero-order valence-corrected chi connectivity index (χ0v) is 16.9. The Labute approximate surface area is 175 Å². The molecule has 1 saturated heterocycles. The molecule has 4 amide bonds. The Morgan fingerprint density at radius 1 is 1.13 bits per heavy atom. The quantitative estimate of drug-likeness (QED) is 0.663. The molecule has 0 radical (unpaired) electrons. The minimum absolute atomic E-state index is 0.0944. The van der Waals surface area contributed by atoms with Gasteiger partial charge in [0, 0.05) is 5.92 Å². The normalized spacial score (nSPS) is 23.0. The van der Waals surface area contributed by atoms with E-state index in [0.717, 1.165) is 11.1 Å². The summed E-state index contributed by atoms with van der Waals surface area (Å²) in [5, 5.41) is 8.01. The third-order valence-electron chi connectivity index (χ3n) is 5.86. The van der Waals surface area contributed by atoms with Crippen LogP contribution in [0.4, 0.5) is 10.5 Å². The summed E-state index contributed by atoms with van der Waals surface area (Å²) in [5.74, 6) is 0.0237. The van der Waals surface area contributed by atoms with Crippen molar-refractivity contribution in [2.45, 2.75) is 44.8 Å². The molecular formula is C23H25N3O4. The summed E-state index contributed by atoms with van der Waals surface area (Å²) >= 11 is 0. The Kier molecular flexibility index (Phi) is 5.44. The molecule has 1 saturated carbocycles. The number of hydrogen-bond donors (Lipinski definition) is 3. The van der Waals surface area contributed by atoms with E-state index in [4.69, 9.17) is 4.74 Å². The lowest BCUT2D eigenvalue weighted by molar-refractivity contribution is -0.128. The van der Waals surface area contributed by atoms with Crippen LogP contribution in [0.1, 0.15) is 36.8 Å². The van der Waals surface area contributed by atoms with E-state index in [2.05, 4.69) is 16.0 Å². The van der Waals surface area contributed by atoms with E-state index in [0.29, 0.717) is 43.7 Å². The topological polar surface area (TPSA) is 96.5 Å². The molecule has 30 heavy (non-hydrogen) atoms. The van der Waals surface area contributed by atoms with Gasteiger partial charge in [0.15, 0.2) is 0 Å². The molecule has 0 bridgehead atoms. The summed E-state index contributed by atoms with van der Waals surface area (Å²) in [5.41, 5.74) is 1.86. The number of ether oxygens (including phenoxy) is 1. The minimum Gasteiger partial charge on any atom is -0.487 e. The second-order valence-corrected chi connectivity index (χ2v) is 8.03. The highest BCUT2D eigenvalue weighted by molar-refractivity contribution is 6.07. The maximum Gasteiger partial charge on any atom is 0.322 e. The number of imide groups is 1. The first kappa shape index (κ1) is 19.9. The number of benzene rings is 2. The first-order valence-corrected chi connectivity index (χ1v) is 10.2. The lowest BCUT2D eigenvalue weighted by Crippen LogP contribution is -2.50. The molecule has 0 atom stereocenters. The standard InChI is InChI=1S/C23H25N3O4/c1-15-7-8-18(19(13-15)30-14-16-5-3-2-4-6-16)24-20(27)17-9-11-23(12-10-17)21(28)25-22(29)26-23/h2-8,13,17H,9-12,14H2,1H3,(H,24,27)(H2,25,26,28,29). The maximum absolute atomic E-state index is 12.9. The third-order valence-corrected chi connectivity index (χ3v) is 5.86. The molecular weight excluding hydrogens is 382 g/mol. The Morgan fingerprint density at radius 3 is 2.53 bits per heavy atom. The summed E-state index contributed by atoms with van der Waals surface area (Å²) in [7, 11) is 0. The molecule has 2 aliphatic rings. The van der Waals surface area contributed by atoms with Crippen LogP contribution in [0.5, 0.6) is 5.75 Å². The zero-order chi connectivity index (χ0) is 21.1. The molecule has 0 unspecified atom stereocenters. The molecule has 2 fully saturated rings. The van der Waals surface area contributed by atoms with Crippen LogP contribution in [-0.4, -0.2) is 23.4 Å². The molecule has 156 valence electrons. The van der Waals surface area contributed by atoms with Crippen molar-refractivity contribution in [2.75, 3.05) is 5.32 Å². The fourth-order valence-electron chi connectivity index (χ4n) is 4.08. The van der Waals surface area contributed by atoms with Crippen molar-refractivity contribution in [1.29, 1.82) is 0 Å². The molecule has 1 heterocycles. The average Bonchev–Trinajstić information content (AvgIpc) is 3.01. The number of anilines is 1. The van der Waals surface area contributed by atoms with Crippen molar-refractivity contribution in [3.05, 3.63) is 59.7 Å². The van der Waals surface area contributed by atoms with Gasteiger partial charge in [-0.1, -0.05) is 36.4 Å². The van der Waals surface area contributed by atoms with E-state index in [1.807, 2.05) is 55.5 Å². The van der Waals surface area contributed by atoms with Gasteiger partial charge in [0.2, 0.25) is 5.91 Å². The highest BCUT2D eigenvalue weighted by Crippen LogP contribution is 2.35. The Balaban J connectivity index is 1.40. The second-order valence-electron chi connectivity index (χ2n) is 8.03. The Bertz CT molecular complexity index is 966. The van der Waals surface area contributed by atoms with Crippen LogP contribution < -0.4 is 20.7 Å². The monoisotopic (exact) mass is 407 g/mol. The van der Waals surface area contributed by atoms with Crippen LogP contribution in [0, 0.1) is 12.8 Å². The molecule has 1 aliphatic carbocycles. The summed E-state index contributed by atoms with van der Waals surface area (Å²) < 4.78 is 5.98. The number of carbonyl (C=O) groups excluding carboxylic acids is 3. The van der Waals surface area contributed by atoms with E-state index < -0.39 is 11.6 Å². The van der Waals surface area contributed by atoms with Gasteiger partial charge in [-0.05, 0) is 55.9 Å². The van der Waals surface area contributed by atoms with Crippen LogP contribution in [0.3, 0.4) is 0 Å².